The fourth-order valence-electron chi connectivity index (χ4n) is 3.25. The lowest BCUT2D eigenvalue weighted by atomic mass is 9.88. The first-order valence-corrected chi connectivity index (χ1v) is 9.14. The highest BCUT2D eigenvalue weighted by atomic mass is 32.2. The zero-order valence-electron chi connectivity index (χ0n) is 12.1. The smallest absolute Gasteiger partial charge is 0.253 e. The van der Waals surface area contributed by atoms with Crippen LogP contribution in [0, 0.1) is 11.8 Å². The van der Waals surface area contributed by atoms with Crippen molar-refractivity contribution in [2.24, 2.45) is 11.8 Å². The molecule has 0 bridgehead atoms. The van der Waals surface area contributed by atoms with Gasteiger partial charge in [0.15, 0.2) is 9.84 Å². The van der Waals surface area contributed by atoms with E-state index in [9.17, 15) is 13.2 Å². The number of carbonyl (C=O) groups excluding carboxylic acids is 1. The summed E-state index contributed by atoms with van der Waals surface area (Å²) in [5, 5.41) is 3.38. The molecule has 2 fully saturated rings. The molecule has 1 N–H and O–H groups in total. The molecule has 2 unspecified atom stereocenters. The standard InChI is InChI=1S/C15H20N2O3S/c1-21(19,20)14-4-2-11(3-5-14)15(18)17-7-6-12-8-16-9-13(12)10-17/h2-5,12-13,16H,6-10H2,1H3. The maximum absolute atomic E-state index is 12.5. The van der Waals surface area contributed by atoms with Crippen LogP contribution in [0.4, 0.5) is 0 Å². The molecule has 5 nitrogen and oxygen atoms in total. The van der Waals surface area contributed by atoms with Crippen LogP contribution >= 0.6 is 0 Å². The highest BCUT2D eigenvalue weighted by Crippen LogP contribution is 2.27. The summed E-state index contributed by atoms with van der Waals surface area (Å²) in [6.07, 6.45) is 2.21. The van der Waals surface area contributed by atoms with Crippen LogP contribution < -0.4 is 5.32 Å². The molecule has 2 saturated heterocycles. The Balaban J connectivity index is 1.73. The Morgan fingerprint density at radius 1 is 1.19 bits per heavy atom. The number of fused-ring (bicyclic) bond motifs is 1. The van der Waals surface area contributed by atoms with Crippen LogP contribution in [0.25, 0.3) is 0 Å². The first kappa shape index (κ1) is 14.5. The Morgan fingerprint density at radius 3 is 2.52 bits per heavy atom. The quantitative estimate of drug-likeness (QED) is 0.876. The van der Waals surface area contributed by atoms with Crippen LogP contribution in [0.1, 0.15) is 16.8 Å². The van der Waals surface area contributed by atoms with E-state index in [0.717, 1.165) is 32.6 Å². The Bertz CT molecular complexity index is 639. The zero-order valence-corrected chi connectivity index (χ0v) is 12.9. The number of sulfone groups is 1. The van der Waals surface area contributed by atoms with Crippen molar-refractivity contribution in [3.8, 4) is 0 Å². The fraction of sp³-hybridized carbons (Fsp3) is 0.533. The van der Waals surface area contributed by atoms with Crippen molar-refractivity contribution < 1.29 is 13.2 Å². The highest BCUT2D eigenvalue weighted by molar-refractivity contribution is 7.90. The lowest BCUT2D eigenvalue weighted by Crippen LogP contribution is -2.43. The van der Waals surface area contributed by atoms with Crippen molar-refractivity contribution in [1.29, 1.82) is 0 Å². The zero-order chi connectivity index (χ0) is 15.0. The average Bonchev–Trinajstić information content (AvgIpc) is 2.93. The van der Waals surface area contributed by atoms with Gasteiger partial charge in [-0.2, -0.15) is 0 Å². The Kier molecular flexibility index (Phi) is 3.75. The van der Waals surface area contributed by atoms with E-state index >= 15 is 0 Å². The van der Waals surface area contributed by atoms with E-state index in [4.69, 9.17) is 0 Å². The molecular formula is C15H20N2O3S. The molecule has 0 aromatic heterocycles. The fourth-order valence-corrected chi connectivity index (χ4v) is 3.88. The van der Waals surface area contributed by atoms with Crippen LogP contribution in [0.3, 0.4) is 0 Å². The molecule has 21 heavy (non-hydrogen) atoms. The van der Waals surface area contributed by atoms with E-state index < -0.39 is 9.84 Å². The van der Waals surface area contributed by atoms with E-state index in [2.05, 4.69) is 5.32 Å². The number of nitrogens with zero attached hydrogens (tertiary/aromatic N) is 1. The SMILES string of the molecule is CS(=O)(=O)c1ccc(C(=O)N2CCC3CNCC3C2)cc1. The summed E-state index contributed by atoms with van der Waals surface area (Å²) in [4.78, 5) is 14.6. The summed E-state index contributed by atoms with van der Waals surface area (Å²) < 4.78 is 22.9. The molecule has 2 aliphatic heterocycles. The van der Waals surface area contributed by atoms with Gasteiger partial charge in [0.1, 0.15) is 0 Å². The van der Waals surface area contributed by atoms with Crippen molar-refractivity contribution in [2.45, 2.75) is 11.3 Å². The van der Waals surface area contributed by atoms with Gasteiger partial charge in [0.25, 0.3) is 5.91 Å². The number of hydrogen-bond donors (Lipinski definition) is 1. The van der Waals surface area contributed by atoms with E-state index in [1.54, 1.807) is 12.1 Å². The predicted octanol–water partition coefficient (Wildman–Crippen LogP) is 0.772. The molecule has 0 radical (unpaired) electrons. The largest absolute Gasteiger partial charge is 0.338 e. The molecule has 2 heterocycles. The number of amides is 1. The second kappa shape index (κ2) is 5.42. The molecule has 1 aromatic rings. The second-order valence-corrected chi connectivity index (χ2v) is 8.03. The van der Waals surface area contributed by atoms with Gasteiger partial charge in [0.2, 0.25) is 0 Å². The van der Waals surface area contributed by atoms with Crippen LogP contribution in [0.15, 0.2) is 29.2 Å². The van der Waals surface area contributed by atoms with Crippen LogP contribution in [0.2, 0.25) is 0 Å². The second-order valence-electron chi connectivity index (χ2n) is 6.01. The van der Waals surface area contributed by atoms with E-state index in [-0.39, 0.29) is 10.8 Å². The minimum absolute atomic E-state index is 0.000371. The molecule has 0 saturated carbocycles. The highest BCUT2D eigenvalue weighted by Gasteiger charge is 2.34. The Hall–Kier alpha value is -1.40. The topological polar surface area (TPSA) is 66.5 Å². The van der Waals surface area contributed by atoms with Crippen molar-refractivity contribution >= 4 is 15.7 Å². The maximum atomic E-state index is 12.5. The van der Waals surface area contributed by atoms with Gasteiger partial charge in [-0.3, -0.25) is 4.79 Å². The van der Waals surface area contributed by atoms with Gasteiger partial charge in [-0.25, -0.2) is 8.42 Å². The van der Waals surface area contributed by atoms with Crippen LogP contribution in [-0.2, 0) is 9.84 Å². The minimum Gasteiger partial charge on any atom is -0.338 e. The monoisotopic (exact) mass is 308 g/mol. The summed E-state index contributed by atoms with van der Waals surface area (Å²) in [5.74, 6) is 1.25. The molecule has 0 aliphatic carbocycles. The van der Waals surface area contributed by atoms with E-state index in [1.807, 2.05) is 4.90 Å². The van der Waals surface area contributed by atoms with Gasteiger partial charge in [0.05, 0.1) is 4.90 Å². The number of likely N-dealkylation sites (tertiary alicyclic amines) is 1. The molecular weight excluding hydrogens is 288 g/mol. The normalized spacial score (nSPS) is 25.7. The molecule has 3 rings (SSSR count). The average molecular weight is 308 g/mol. The Morgan fingerprint density at radius 2 is 1.86 bits per heavy atom. The first-order chi connectivity index (χ1) is 9.95. The lowest BCUT2D eigenvalue weighted by Gasteiger charge is -2.34. The lowest BCUT2D eigenvalue weighted by molar-refractivity contribution is 0.0642. The third-order valence-electron chi connectivity index (χ3n) is 4.52. The molecule has 6 heteroatoms. The van der Waals surface area contributed by atoms with Gasteiger partial charge in [-0.15, -0.1) is 0 Å². The van der Waals surface area contributed by atoms with Gasteiger partial charge in [0, 0.05) is 24.9 Å². The molecule has 1 amide bonds. The third kappa shape index (κ3) is 2.96. The van der Waals surface area contributed by atoms with E-state index in [0.29, 0.717) is 17.4 Å². The summed E-state index contributed by atoms with van der Waals surface area (Å²) in [7, 11) is -3.22. The Labute approximate surface area is 125 Å². The number of benzene rings is 1. The van der Waals surface area contributed by atoms with Crippen LogP contribution in [0.5, 0.6) is 0 Å². The van der Waals surface area contributed by atoms with E-state index in [1.165, 1.54) is 18.4 Å². The predicted molar refractivity (Wildman–Crippen MR) is 79.9 cm³/mol. The number of hydrogen-bond acceptors (Lipinski definition) is 4. The molecule has 2 atom stereocenters. The third-order valence-corrected chi connectivity index (χ3v) is 5.65. The van der Waals surface area contributed by atoms with Gasteiger partial charge < -0.3 is 10.2 Å². The van der Waals surface area contributed by atoms with Crippen molar-refractivity contribution in [2.75, 3.05) is 32.4 Å². The van der Waals surface area contributed by atoms with Gasteiger partial charge >= 0.3 is 0 Å². The molecule has 1 aromatic carbocycles. The van der Waals surface area contributed by atoms with Crippen molar-refractivity contribution in [3.05, 3.63) is 29.8 Å². The number of carbonyl (C=O) groups is 1. The summed E-state index contributed by atoms with van der Waals surface area (Å²) >= 11 is 0. The van der Waals surface area contributed by atoms with Crippen molar-refractivity contribution in [1.82, 2.24) is 10.2 Å². The molecule has 2 aliphatic rings. The maximum Gasteiger partial charge on any atom is 0.253 e. The number of piperidine rings is 1. The van der Waals surface area contributed by atoms with Crippen LogP contribution in [-0.4, -0.2) is 51.7 Å². The summed E-state index contributed by atoms with van der Waals surface area (Å²) in [6, 6.07) is 6.23. The minimum atomic E-state index is -3.22. The van der Waals surface area contributed by atoms with Crippen molar-refractivity contribution in [3.63, 3.8) is 0 Å². The number of rotatable bonds is 2. The summed E-state index contributed by atoms with van der Waals surface area (Å²) in [5.41, 5.74) is 0.562. The molecule has 114 valence electrons. The summed E-state index contributed by atoms with van der Waals surface area (Å²) in [6.45, 7) is 3.64. The van der Waals surface area contributed by atoms with Gasteiger partial charge in [-0.1, -0.05) is 0 Å². The number of nitrogens with one attached hydrogen (secondary N) is 1. The van der Waals surface area contributed by atoms with Gasteiger partial charge in [-0.05, 0) is 55.6 Å². The molecule has 0 spiro atoms. The first-order valence-electron chi connectivity index (χ1n) is 7.25.